The van der Waals surface area contributed by atoms with Crippen LogP contribution in [0.2, 0.25) is 13.1 Å². The molecule has 2 aliphatic rings. The summed E-state index contributed by atoms with van der Waals surface area (Å²) in [6.45, 7) is 13.4. The molecule has 2 aromatic carbocycles. The molecule has 0 N–H and O–H groups in total. The van der Waals surface area contributed by atoms with E-state index < -0.39 is 0 Å². The number of aryl methyl sites for hydroxylation is 2. The van der Waals surface area contributed by atoms with E-state index >= 15 is 0 Å². The first kappa shape index (κ1) is 23.0. The van der Waals surface area contributed by atoms with Gasteiger partial charge in [0.1, 0.15) is 0 Å². The average Bonchev–Trinajstić information content (AvgIpc) is 3.07. The first-order valence-electron chi connectivity index (χ1n) is 10.0. The Balaban J connectivity index is 0.000000169. The molecule has 0 fully saturated rings. The molecule has 0 spiro atoms. The molecule has 0 radical (unpaired) electrons. The fourth-order valence-electron chi connectivity index (χ4n) is 3.46. The van der Waals surface area contributed by atoms with Gasteiger partial charge < -0.3 is 0 Å². The summed E-state index contributed by atoms with van der Waals surface area (Å²) in [5.74, 6) is 1.12. The van der Waals surface area contributed by atoms with Crippen molar-refractivity contribution in [3.8, 4) is 0 Å². The Morgan fingerprint density at radius 2 is 1.11 bits per heavy atom. The molecule has 0 amide bonds. The Bertz CT molecular complexity index is 840. The molecule has 2 aromatic rings. The van der Waals surface area contributed by atoms with Gasteiger partial charge in [-0.3, -0.25) is 0 Å². The Morgan fingerprint density at radius 3 is 1.46 bits per heavy atom. The molecule has 0 aliphatic heterocycles. The van der Waals surface area contributed by atoms with E-state index in [9.17, 15) is 0 Å². The van der Waals surface area contributed by atoms with Crippen LogP contribution in [0.15, 0.2) is 60.7 Å². The SMILES string of the molecule is C[Si](C)=[Zr+2].Cc1cc2c([cH-]1)C=CC=CC2C.Cc1cc2c([cH-]1)C=CC=CC2C. The molecule has 0 bridgehead atoms. The van der Waals surface area contributed by atoms with Gasteiger partial charge in [0.25, 0.3) is 0 Å². The summed E-state index contributed by atoms with van der Waals surface area (Å²) in [5, 5.41) is 0. The van der Waals surface area contributed by atoms with Crippen molar-refractivity contribution in [2.45, 2.75) is 52.6 Å². The number of allylic oxidation sites excluding steroid dienone is 6. The summed E-state index contributed by atoms with van der Waals surface area (Å²) >= 11 is 1.74. The monoisotopic (exact) mass is 462 g/mol. The zero-order valence-corrected chi connectivity index (χ0v) is 21.5. The minimum absolute atomic E-state index is 0.210. The molecule has 0 saturated carbocycles. The number of fused-ring (bicyclic) bond motifs is 2. The molecule has 0 saturated heterocycles. The standard InChI is InChI=1S/2C12H13.C2H6Si.Zr/c2*1-9-7-11-6-4-3-5-10(2)12(11)8-9;1-3-2;/h2*3-8,10H,1-2H3;1-2H3;/q2*-1;;+2. The van der Waals surface area contributed by atoms with E-state index in [1.165, 1.54) is 33.4 Å². The van der Waals surface area contributed by atoms with Crippen LogP contribution in [0.25, 0.3) is 12.2 Å². The summed E-state index contributed by atoms with van der Waals surface area (Å²) in [6.07, 6.45) is 17.3. The van der Waals surface area contributed by atoms with Crippen molar-refractivity contribution in [2.75, 3.05) is 0 Å². The van der Waals surface area contributed by atoms with Crippen LogP contribution in [-0.2, 0) is 23.3 Å². The van der Waals surface area contributed by atoms with Crippen molar-refractivity contribution >= 4 is 17.6 Å². The second-order valence-corrected chi connectivity index (χ2v) is 17.3. The first-order chi connectivity index (χ1) is 13.3. The summed E-state index contributed by atoms with van der Waals surface area (Å²) in [5.41, 5.74) is 8.62. The molecule has 2 heteroatoms. The molecule has 0 heterocycles. The van der Waals surface area contributed by atoms with Crippen LogP contribution in [0.1, 0.15) is 59.1 Å². The molecule has 0 nitrogen and oxygen atoms in total. The van der Waals surface area contributed by atoms with Crippen LogP contribution in [0.4, 0.5) is 0 Å². The Kier molecular flexibility index (Phi) is 9.12. The Morgan fingerprint density at radius 1 is 0.750 bits per heavy atom. The van der Waals surface area contributed by atoms with Gasteiger partial charge in [-0.2, -0.15) is 34.4 Å². The predicted octanol–water partition coefficient (Wildman–Crippen LogP) is 7.59. The van der Waals surface area contributed by atoms with Crippen LogP contribution in [0.3, 0.4) is 0 Å². The van der Waals surface area contributed by atoms with E-state index in [0.29, 0.717) is 11.8 Å². The fourth-order valence-corrected chi connectivity index (χ4v) is 3.46. The van der Waals surface area contributed by atoms with E-state index in [-0.39, 0.29) is 5.43 Å². The number of hydrogen-bond acceptors (Lipinski definition) is 0. The van der Waals surface area contributed by atoms with E-state index in [4.69, 9.17) is 0 Å². The van der Waals surface area contributed by atoms with Crippen molar-refractivity contribution < 1.29 is 23.3 Å². The van der Waals surface area contributed by atoms with Crippen LogP contribution in [-0.4, -0.2) is 5.43 Å². The van der Waals surface area contributed by atoms with Gasteiger partial charge in [-0.05, 0) is 11.8 Å². The molecule has 2 atom stereocenters. The molecule has 4 rings (SSSR count). The normalized spacial score (nSPS) is 18.7. The van der Waals surface area contributed by atoms with Gasteiger partial charge in [0.15, 0.2) is 0 Å². The third kappa shape index (κ3) is 6.98. The molecule has 2 aliphatic carbocycles. The number of rotatable bonds is 0. The third-order valence-corrected chi connectivity index (χ3v) is 4.75. The minimum atomic E-state index is 0.210. The van der Waals surface area contributed by atoms with E-state index in [1.807, 2.05) is 0 Å². The van der Waals surface area contributed by atoms with Gasteiger partial charge in [-0.25, -0.2) is 0 Å². The predicted molar refractivity (Wildman–Crippen MR) is 124 cm³/mol. The van der Waals surface area contributed by atoms with Crippen molar-refractivity contribution in [2.24, 2.45) is 0 Å². The van der Waals surface area contributed by atoms with Gasteiger partial charge in [0, 0.05) is 0 Å². The molecule has 2 unspecified atom stereocenters. The summed E-state index contributed by atoms with van der Waals surface area (Å²) in [7, 11) is 0. The molecular formula is C26H32SiZr. The maximum Gasteiger partial charge on any atom is -0.0427 e. The van der Waals surface area contributed by atoms with Crippen molar-refractivity contribution in [1.82, 2.24) is 0 Å². The molecule has 0 aromatic heterocycles. The second-order valence-electron chi connectivity index (χ2n) is 7.95. The fraction of sp³-hybridized carbons (Fsp3) is 0.308. The van der Waals surface area contributed by atoms with Crippen molar-refractivity contribution in [1.29, 1.82) is 0 Å². The summed E-state index contributed by atoms with van der Waals surface area (Å²) < 4.78 is 0. The van der Waals surface area contributed by atoms with Crippen LogP contribution >= 0.6 is 0 Å². The van der Waals surface area contributed by atoms with Gasteiger partial charge in [-0.15, -0.1) is 47.6 Å². The van der Waals surface area contributed by atoms with Gasteiger partial charge in [0.05, 0.1) is 0 Å². The third-order valence-electron chi connectivity index (χ3n) is 4.75. The second kappa shape index (κ2) is 11.1. The van der Waals surface area contributed by atoms with E-state index in [2.05, 4.69) is 114 Å². The van der Waals surface area contributed by atoms with Gasteiger partial charge in [0.2, 0.25) is 0 Å². The molecule has 28 heavy (non-hydrogen) atoms. The van der Waals surface area contributed by atoms with Gasteiger partial charge >= 0.3 is 41.9 Å². The van der Waals surface area contributed by atoms with E-state index in [1.54, 1.807) is 23.3 Å². The smallest absolute Gasteiger partial charge is 0.0427 e. The Hall–Kier alpha value is -1.24. The van der Waals surface area contributed by atoms with Crippen LogP contribution in [0.5, 0.6) is 0 Å². The summed E-state index contributed by atoms with van der Waals surface area (Å²) in [6, 6.07) is 9.05. The zero-order valence-electron chi connectivity index (χ0n) is 18.1. The van der Waals surface area contributed by atoms with Crippen molar-refractivity contribution in [3.05, 3.63) is 94.1 Å². The largest absolute Gasteiger partial charge is 0.169 e. The maximum absolute atomic E-state index is 2.31. The average molecular weight is 464 g/mol. The Labute approximate surface area is 186 Å². The minimum Gasteiger partial charge on any atom is -0.169 e. The topological polar surface area (TPSA) is 0 Å². The quantitative estimate of drug-likeness (QED) is 0.279. The number of hydrogen-bond donors (Lipinski definition) is 0. The maximum atomic E-state index is 2.31. The van der Waals surface area contributed by atoms with E-state index in [0.717, 1.165) is 0 Å². The summed E-state index contributed by atoms with van der Waals surface area (Å²) in [4.78, 5) is 0. The molecule has 144 valence electrons. The van der Waals surface area contributed by atoms with Crippen molar-refractivity contribution in [3.63, 3.8) is 0 Å². The van der Waals surface area contributed by atoms with Crippen LogP contribution < -0.4 is 0 Å². The van der Waals surface area contributed by atoms with Crippen LogP contribution in [0, 0.1) is 13.8 Å². The first-order valence-corrected chi connectivity index (χ1v) is 16.2. The van der Waals surface area contributed by atoms with Gasteiger partial charge in [-0.1, -0.05) is 52.0 Å². The molecular weight excluding hydrogens is 432 g/mol. The zero-order chi connectivity index (χ0) is 20.7.